The van der Waals surface area contributed by atoms with Crippen molar-refractivity contribution in [1.29, 1.82) is 0 Å². The molecule has 0 bridgehead atoms. The molecule has 1 aromatic carbocycles. The zero-order valence-electron chi connectivity index (χ0n) is 9.51. The molecule has 0 aromatic heterocycles. The van der Waals surface area contributed by atoms with Crippen molar-refractivity contribution in [1.82, 2.24) is 0 Å². The number of nitro groups is 1. The lowest BCUT2D eigenvalue weighted by atomic mass is 10.1. The van der Waals surface area contributed by atoms with E-state index >= 15 is 0 Å². The maximum Gasteiger partial charge on any atom is 0.321 e. The second kappa shape index (κ2) is 6.84. The Morgan fingerprint density at radius 3 is 2.72 bits per heavy atom. The topological polar surface area (TPSA) is 69.4 Å². The van der Waals surface area contributed by atoms with Crippen molar-refractivity contribution >= 4 is 43.5 Å². The zero-order valence-corrected chi connectivity index (χ0v) is 12.7. The van der Waals surface area contributed by atoms with Crippen molar-refractivity contribution in [3.8, 4) is 0 Å². The van der Waals surface area contributed by atoms with Crippen LogP contribution in [-0.4, -0.2) is 22.3 Å². The minimum atomic E-state index is -0.598. The van der Waals surface area contributed by atoms with Gasteiger partial charge in [-0.3, -0.25) is 14.9 Å². The fraction of sp³-hybridized carbons (Fsp3) is 0.364. The maximum absolute atomic E-state index is 11.5. The number of hydrogen-bond acceptors (Lipinski definition) is 4. The van der Waals surface area contributed by atoms with Gasteiger partial charge < -0.3 is 4.74 Å². The molecule has 0 aliphatic heterocycles. The number of carbonyl (C=O) groups is 1. The van der Waals surface area contributed by atoms with Gasteiger partial charge in [-0.05, 0) is 12.5 Å². The third-order valence-electron chi connectivity index (χ3n) is 2.17. The highest BCUT2D eigenvalue weighted by molar-refractivity contribution is 9.12. The van der Waals surface area contributed by atoms with Crippen LogP contribution in [0.2, 0.25) is 0 Å². The number of non-ortho nitro benzene ring substituents is 1. The van der Waals surface area contributed by atoms with Gasteiger partial charge in [0.05, 0.1) is 16.4 Å². The van der Waals surface area contributed by atoms with E-state index in [2.05, 4.69) is 31.9 Å². The SMILES string of the molecule is CCOC(=O)C(Br)C(Br)c1cccc([N+](=O)[O-])c1. The van der Waals surface area contributed by atoms with Gasteiger partial charge in [0.1, 0.15) is 4.83 Å². The highest BCUT2D eigenvalue weighted by atomic mass is 79.9. The van der Waals surface area contributed by atoms with E-state index in [1.54, 1.807) is 19.1 Å². The number of alkyl halides is 2. The molecule has 0 spiro atoms. The Morgan fingerprint density at radius 1 is 1.50 bits per heavy atom. The van der Waals surface area contributed by atoms with Crippen LogP contribution in [-0.2, 0) is 9.53 Å². The molecule has 0 aliphatic rings. The first-order chi connectivity index (χ1) is 8.47. The molecule has 0 aliphatic carbocycles. The van der Waals surface area contributed by atoms with Gasteiger partial charge in [-0.2, -0.15) is 0 Å². The summed E-state index contributed by atoms with van der Waals surface area (Å²) in [6, 6.07) is 6.11. The first-order valence-corrected chi connectivity index (χ1v) is 6.99. The highest BCUT2D eigenvalue weighted by Crippen LogP contribution is 2.33. The number of carbonyl (C=O) groups excluding carboxylic acids is 1. The van der Waals surface area contributed by atoms with Crippen LogP contribution < -0.4 is 0 Å². The highest BCUT2D eigenvalue weighted by Gasteiger charge is 2.27. The normalized spacial score (nSPS) is 13.7. The molecule has 0 fully saturated rings. The lowest BCUT2D eigenvalue weighted by molar-refractivity contribution is -0.384. The molecule has 5 nitrogen and oxygen atoms in total. The van der Waals surface area contributed by atoms with Crippen LogP contribution in [0, 0.1) is 10.1 Å². The molecular weight excluding hydrogens is 370 g/mol. The summed E-state index contributed by atoms with van der Waals surface area (Å²) in [5, 5.41) is 10.7. The van der Waals surface area contributed by atoms with Crippen molar-refractivity contribution < 1.29 is 14.5 Å². The van der Waals surface area contributed by atoms with E-state index in [1.165, 1.54) is 12.1 Å². The van der Waals surface area contributed by atoms with Crippen LogP contribution in [0.3, 0.4) is 0 Å². The summed E-state index contributed by atoms with van der Waals surface area (Å²) in [7, 11) is 0. The van der Waals surface area contributed by atoms with Gasteiger partial charge in [-0.25, -0.2) is 0 Å². The Morgan fingerprint density at radius 2 is 2.17 bits per heavy atom. The zero-order chi connectivity index (χ0) is 13.7. The molecule has 0 heterocycles. The molecule has 1 aromatic rings. The van der Waals surface area contributed by atoms with E-state index in [1.807, 2.05) is 0 Å². The monoisotopic (exact) mass is 379 g/mol. The summed E-state index contributed by atoms with van der Waals surface area (Å²) in [4.78, 5) is 20.7. The quantitative estimate of drug-likeness (QED) is 0.340. The summed E-state index contributed by atoms with van der Waals surface area (Å²) in [5.41, 5.74) is 0.625. The minimum Gasteiger partial charge on any atom is -0.465 e. The van der Waals surface area contributed by atoms with E-state index in [4.69, 9.17) is 4.74 Å². The lowest BCUT2D eigenvalue weighted by Gasteiger charge is -2.15. The molecule has 2 unspecified atom stereocenters. The minimum absolute atomic E-state index is 0.0134. The first-order valence-electron chi connectivity index (χ1n) is 5.16. The predicted octanol–water partition coefficient (Wildman–Crippen LogP) is 3.36. The maximum atomic E-state index is 11.5. The first kappa shape index (κ1) is 15.1. The largest absolute Gasteiger partial charge is 0.465 e. The smallest absolute Gasteiger partial charge is 0.321 e. The number of ether oxygens (including phenoxy) is 1. The van der Waals surface area contributed by atoms with Crippen molar-refractivity contribution in [2.45, 2.75) is 16.6 Å². The molecule has 98 valence electrons. The average Bonchev–Trinajstić information content (AvgIpc) is 2.37. The molecule has 0 saturated heterocycles. The molecule has 0 radical (unpaired) electrons. The van der Waals surface area contributed by atoms with E-state index < -0.39 is 20.5 Å². The lowest BCUT2D eigenvalue weighted by Crippen LogP contribution is -2.21. The Kier molecular flexibility index (Phi) is 5.74. The van der Waals surface area contributed by atoms with Crippen LogP contribution in [0.15, 0.2) is 24.3 Å². The molecule has 0 amide bonds. The molecule has 0 N–H and O–H groups in total. The Bertz CT molecular complexity index is 452. The fourth-order valence-electron chi connectivity index (χ4n) is 1.32. The summed E-state index contributed by atoms with van der Waals surface area (Å²) in [5.74, 6) is -0.411. The molecular formula is C11H11Br2NO4. The number of esters is 1. The molecule has 7 heteroatoms. The number of rotatable bonds is 5. The number of benzene rings is 1. The summed E-state index contributed by atoms with van der Waals surface area (Å²) in [6.07, 6.45) is 0. The fourth-order valence-corrected chi connectivity index (χ4v) is 2.26. The van der Waals surface area contributed by atoms with Crippen molar-refractivity contribution in [3.05, 3.63) is 39.9 Å². The van der Waals surface area contributed by atoms with Crippen LogP contribution in [0.5, 0.6) is 0 Å². The van der Waals surface area contributed by atoms with Crippen molar-refractivity contribution in [3.63, 3.8) is 0 Å². The van der Waals surface area contributed by atoms with Crippen LogP contribution >= 0.6 is 31.9 Å². The Hall–Kier alpha value is -0.950. The number of nitrogens with zero attached hydrogens (tertiary/aromatic N) is 1. The average molecular weight is 381 g/mol. The Labute approximate surface area is 121 Å². The van der Waals surface area contributed by atoms with Gasteiger partial charge in [0, 0.05) is 12.1 Å². The number of hydrogen-bond donors (Lipinski definition) is 0. The summed E-state index contributed by atoms with van der Waals surface area (Å²) in [6.45, 7) is 2.00. The third kappa shape index (κ3) is 3.78. The van der Waals surface area contributed by atoms with Gasteiger partial charge in [-0.1, -0.05) is 44.0 Å². The Balaban J connectivity index is 2.89. The van der Waals surface area contributed by atoms with E-state index in [0.717, 1.165) is 0 Å². The van der Waals surface area contributed by atoms with E-state index in [0.29, 0.717) is 5.56 Å². The number of nitro benzene ring substituents is 1. The molecule has 2 atom stereocenters. The van der Waals surface area contributed by atoms with E-state index in [9.17, 15) is 14.9 Å². The summed E-state index contributed by atoms with van der Waals surface area (Å²) < 4.78 is 4.87. The van der Waals surface area contributed by atoms with E-state index in [-0.39, 0.29) is 12.3 Å². The standard InChI is InChI=1S/C11H11Br2NO4/c1-2-18-11(15)10(13)9(12)7-4-3-5-8(6-7)14(16)17/h3-6,9-10H,2H2,1H3. The molecule has 18 heavy (non-hydrogen) atoms. The molecule has 0 saturated carbocycles. The second-order valence-corrected chi connectivity index (χ2v) is 5.38. The second-order valence-electron chi connectivity index (χ2n) is 3.41. The van der Waals surface area contributed by atoms with Gasteiger partial charge in [0.2, 0.25) is 0 Å². The van der Waals surface area contributed by atoms with Crippen LogP contribution in [0.25, 0.3) is 0 Å². The van der Waals surface area contributed by atoms with Crippen molar-refractivity contribution in [2.75, 3.05) is 6.61 Å². The van der Waals surface area contributed by atoms with Gasteiger partial charge in [0.25, 0.3) is 5.69 Å². The van der Waals surface area contributed by atoms with Gasteiger partial charge in [-0.15, -0.1) is 0 Å². The van der Waals surface area contributed by atoms with Gasteiger partial charge >= 0.3 is 5.97 Å². The van der Waals surface area contributed by atoms with Crippen molar-refractivity contribution in [2.24, 2.45) is 0 Å². The summed E-state index contributed by atoms with van der Waals surface area (Å²) >= 11 is 6.55. The third-order valence-corrected chi connectivity index (χ3v) is 4.84. The predicted molar refractivity (Wildman–Crippen MR) is 74.1 cm³/mol. The van der Waals surface area contributed by atoms with Gasteiger partial charge in [0.15, 0.2) is 0 Å². The molecule has 1 rings (SSSR count). The van der Waals surface area contributed by atoms with Crippen LogP contribution in [0.1, 0.15) is 17.3 Å². The van der Waals surface area contributed by atoms with Crippen LogP contribution in [0.4, 0.5) is 5.69 Å². The number of halogens is 2.